The van der Waals surface area contributed by atoms with Gasteiger partial charge in [-0.05, 0) is 40.9 Å². The Hall–Kier alpha value is -1.10. The van der Waals surface area contributed by atoms with Crippen molar-refractivity contribution in [2.75, 3.05) is 0 Å². The van der Waals surface area contributed by atoms with E-state index >= 15 is 0 Å². The van der Waals surface area contributed by atoms with Gasteiger partial charge in [-0.15, -0.1) is 0 Å². The lowest BCUT2D eigenvalue weighted by Crippen LogP contribution is -2.07. The molecule has 0 spiro atoms. The Balaban J connectivity index is 2.44. The van der Waals surface area contributed by atoms with E-state index in [1.807, 2.05) is 0 Å². The highest BCUT2D eigenvalue weighted by Gasteiger charge is 2.28. The number of carboxylic acid groups (broad SMARTS) is 1. The molecule has 0 bridgehead atoms. The second-order valence-corrected chi connectivity index (χ2v) is 4.21. The predicted molar refractivity (Wildman–Crippen MR) is 54.7 cm³/mol. The second kappa shape index (κ2) is 3.81. The van der Waals surface area contributed by atoms with E-state index in [0.717, 1.165) is 12.8 Å². The number of rotatable bonds is 3. The number of hydrogen-bond acceptors (Lipinski definition) is 2. The average molecular weight is 275 g/mol. The van der Waals surface area contributed by atoms with Crippen molar-refractivity contribution in [1.82, 2.24) is 0 Å². The molecule has 1 aromatic carbocycles. The van der Waals surface area contributed by atoms with Crippen molar-refractivity contribution < 1.29 is 19.0 Å². The van der Waals surface area contributed by atoms with E-state index in [2.05, 4.69) is 15.9 Å². The molecule has 0 saturated heterocycles. The van der Waals surface area contributed by atoms with Crippen molar-refractivity contribution in [3.8, 4) is 5.75 Å². The van der Waals surface area contributed by atoms with Gasteiger partial charge in [0.25, 0.3) is 0 Å². The van der Waals surface area contributed by atoms with Crippen molar-refractivity contribution in [2.45, 2.75) is 18.9 Å². The smallest absolute Gasteiger partial charge is 0.339 e. The summed E-state index contributed by atoms with van der Waals surface area (Å²) >= 11 is 2.99. The highest BCUT2D eigenvalue weighted by Crippen LogP contribution is 2.34. The van der Waals surface area contributed by atoms with Crippen LogP contribution in [0.2, 0.25) is 0 Å². The quantitative estimate of drug-likeness (QED) is 0.922. The zero-order valence-corrected chi connectivity index (χ0v) is 9.25. The minimum absolute atomic E-state index is 0.0353. The number of carbonyl (C=O) groups is 1. The second-order valence-electron chi connectivity index (χ2n) is 3.36. The molecule has 0 amide bonds. The van der Waals surface area contributed by atoms with Gasteiger partial charge in [0, 0.05) is 0 Å². The summed E-state index contributed by atoms with van der Waals surface area (Å²) in [5.74, 6) is -2.00. The van der Waals surface area contributed by atoms with Crippen LogP contribution in [0.15, 0.2) is 16.6 Å². The van der Waals surface area contributed by atoms with E-state index in [-0.39, 0.29) is 21.9 Å². The summed E-state index contributed by atoms with van der Waals surface area (Å²) in [7, 11) is 0. The summed E-state index contributed by atoms with van der Waals surface area (Å²) in [6.07, 6.45) is 1.67. The Morgan fingerprint density at radius 2 is 2.20 bits per heavy atom. The maximum Gasteiger partial charge on any atom is 0.339 e. The third kappa shape index (κ3) is 2.12. The Morgan fingerprint density at radius 3 is 2.73 bits per heavy atom. The molecule has 0 atom stereocenters. The molecule has 15 heavy (non-hydrogen) atoms. The van der Waals surface area contributed by atoms with Crippen LogP contribution in [0.5, 0.6) is 5.75 Å². The van der Waals surface area contributed by atoms with Crippen LogP contribution < -0.4 is 4.74 Å². The van der Waals surface area contributed by atoms with E-state index in [9.17, 15) is 9.18 Å². The molecule has 1 N–H and O–H groups in total. The van der Waals surface area contributed by atoms with Crippen LogP contribution in [0.1, 0.15) is 23.2 Å². The van der Waals surface area contributed by atoms with Crippen LogP contribution in [0.3, 0.4) is 0 Å². The van der Waals surface area contributed by atoms with Gasteiger partial charge in [0.05, 0.1) is 10.6 Å². The van der Waals surface area contributed by atoms with Crippen LogP contribution in [0, 0.1) is 5.82 Å². The summed E-state index contributed by atoms with van der Waals surface area (Å²) in [6, 6.07) is 2.69. The molecule has 1 saturated carbocycles. The molecule has 0 radical (unpaired) electrons. The van der Waals surface area contributed by atoms with Crippen LogP contribution in [-0.4, -0.2) is 17.2 Å². The lowest BCUT2D eigenvalue weighted by molar-refractivity contribution is 0.0690. The third-order valence-electron chi connectivity index (χ3n) is 2.09. The van der Waals surface area contributed by atoms with Crippen LogP contribution in [0.4, 0.5) is 4.39 Å². The fourth-order valence-corrected chi connectivity index (χ4v) is 1.48. The number of benzene rings is 1. The first-order valence-electron chi connectivity index (χ1n) is 4.47. The number of aromatic carboxylic acids is 1. The van der Waals surface area contributed by atoms with Gasteiger partial charge in [0.2, 0.25) is 0 Å². The Kier molecular flexibility index (Phi) is 2.65. The van der Waals surface area contributed by atoms with Gasteiger partial charge >= 0.3 is 5.97 Å². The maximum absolute atomic E-state index is 13.6. The number of hydrogen-bond donors (Lipinski definition) is 1. The zero-order valence-electron chi connectivity index (χ0n) is 7.67. The Bertz CT molecular complexity index is 415. The fraction of sp³-hybridized carbons (Fsp3) is 0.300. The lowest BCUT2D eigenvalue weighted by Gasteiger charge is -2.09. The number of carboxylic acids is 1. The van der Waals surface area contributed by atoms with E-state index in [4.69, 9.17) is 9.84 Å². The number of halogens is 2. The van der Waals surface area contributed by atoms with Crippen molar-refractivity contribution in [3.63, 3.8) is 0 Å². The van der Waals surface area contributed by atoms with Crippen molar-refractivity contribution in [1.29, 1.82) is 0 Å². The molecule has 1 aromatic rings. The molecule has 0 heterocycles. The molecule has 1 aliphatic carbocycles. The van der Waals surface area contributed by atoms with Crippen molar-refractivity contribution in [2.24, 2.45) is 0 Å². The van der Waals surface area contributed by atoms with E-state index in [1.165, 1.54) is 12.1 Å². The average Bonchev–Trinajstić information content (AvgIpc) is 2.96. The molecule has 2 rings (SSSR count). The summed E-state index contributed by atoms with van der Waals surface area (Å²) < 4.78 is 19.0. The Labute approximate surface area is 94.0 Å². The first-order valence-corrected chi connectivity index (χ1v) is 5.27. The van der Waals surface area contributed by atoms with Crippen LogP contribution in [-0.2, 0) is 0 Å². The third-order valence-corrected chi connectivity index (χ3v) is 2.70. The molecule has 0 aromatic heterocycles. The van der Waals surface area contributed by atoms with E-state index in [0.29, 0.717) is 0 Å². The molecule has 1 aliphatic rings. The molecule has 0 aliphatic heterocycles. The van der Waals surface area contributed by atoms with E-state index < -0.39 is 11.8 Å². The highest BCUT2D eigenvalue weighted by molar-refractivity contribution is 9.10. The van der Waals surface area contributed by atoms with Gasteiger partial charge in [-0.2, -0.15) is 0 Å². The van der Waals surface area contributed by atoms with Gasteiger partial charge in [-0.3, -0.25) is 0 Å². The van der Waals surface area contributed by atoms with Gasteiger partial charge < -0.3 is 9.84 Å². The molecular weight excluding hydrogens is 267 g/mol. The van der Waals surface area contributed by atoms with E-state index in [1.54, 1.807) is 0 Å². The largest absolute Gasteiger partial charge is 0.486 e. The first-order chi connectivity index (χ1) is 7.09. The van der Waals surface area contributed by atoms with Crippen molar-refractivity contribution >= 4 is 21.9 Å². The minimum atomic E-state index is -1.18. The summed E-state index contributed by atoms with van der Waals surface area (Å²) in [6.45, 7) is 0. The monoisotopic (exact) mass is 274 g/mol. The molecule has 0 unspecified atom stereocenters. The van der Waals surface area contributed by atoms with Crippen LogP contribution >= 0.6 is 15.9 Å². The van der Waals surface area contributed by atoms with Gasteiger partial charge in [0.15, 0.2) is 11.6 Å². The zero-order chi connectivity index (χ0) is 11.0. The SMILES string of the molecule is O=C(O)c1ccc(Br)c(F)c1OC1CC1. The predicted octanol–water partition coefficient (Wildman–Crippen LogP) is 2.83. The molecular formula is C10H8BrFO3. The van der Waals surface area contributed by atoms with Crippen molar-refractivity contribution in [3.05, 3.63) is 28.0 Å². The Morgan fingerprint density at radius 1 is 1.53 bits per heavy atom. The highest BCUT2D eigenvalue weighted by atomic mass is 79.9. The molecule has 3 nitrogen and oxygen atoms in total. The normalized spacial score (nSPS) is 15.1. The standard InChI is InChI=1S/C10H8BrFO3/c11-7-4-3-6(10(13)14)9(8(7)12)15-5-1-2-5/h3-5H,1-2H2,(H,13,14). The van der Waals surface area contributed by atoms with Gasteiger partial charge in [0.1, 0.15) is 5.56 Å². The molecule has 80 valence electrons. The minimum Gasteiger partial charge on any atom is -0.486 e. The summed E-state index contributed by atoms with van der Waals surface area (Å²) in [5, 5.41) is 8.85. The maximum atomic E-state index is 13.6. The fourth-order valence-electron chi connectivity index (χ4n) is 1.17. The number of ether oxygens (including phenoxy) is 1. The summed E-state index contributed by atoms with van der Waals surface area (Å²) in [5.41, 5.74) is -0.136. The van der Waals surface area contributed by atoms with Gasteiger partial charge in [-0.25, -0.2) is 9.18 Å². The molecule has 1 fully saturated rings. The lowest BCUT2D eigenvalue weighted by atomic mass is 10.2. The van der Waals surface area contributed by atoms with Crippen LogP contribution in [0.25, 0.3) is 0 Å². The van der Waals surface area contributed by atoms with Gasteiger partial charge in [-0.1, -0.05) is 0 Å². The topological polar surface area (TPSA) is 46.5 Å². The summed E-state index contributed by atoms with van der Waals surface area (Å²) in [4.78, 5) is 10.8. The first kappa shape index (κ1) is 10.4. The molecule has 5 heteroatoms.